The van der Waals surface area contributed by atoms with Crippen LogP contribution >= 0.6 is 7.60 Å². The molecule has 0 bridgehead atoms. The summed E-state index contributed by atoms with van der Waals surface area (Å²) in [5.41, 5.74) is -1.34. The van der Waals surface area contributed by atoms with Crippen LogP contribution in [-0.4, -0.2) is 19.4 Å². The minimum absolute atomic E-state index is 0. The molecular weight excluding hydrogens is 166 g/mol. The van der Waals surface area contributed by atoms with Gasteiger partial charge in [-0.2, -0.15) is 0 Å². The number of carbonyl (C=O) groups is 1. The van der Waals surface area contributed by atoms with Gasteiger partial charge in [0.25, 0.3) is 0 Å². The van der Waals surface area contributed by atoms with Gasteiger partial charge >= 0.3 is 24.6 Å². The van der Waals surface area contributed by atoms with E-state index < -0.39 is 13.3 Å². The van der Waals surface area contributed by atoms with Crippen LogP contribution in [0.5, 0.6) is 0 Å². The molecule has 0 radical (unpaired) electrons. The Balaban J connectivity index is 0. The molecule has 7 heteroatoms. The van der Waals surface area contributed by atoms with Crippen LogP contribution in [-0.2, 0) is 13.8 Å². The average Bonchev–Trinajstić information content (AvgIpc) is 1.86. The van der Waals surface area contributed by atoms with Crippen LogP contribution in [0.3, 0.4) is 0 Å². The van der Waals surface area contributed by atoms with Crippen LogP contribution in [0.2, 0.25) is 0 Å². The molecule has 0 saturated heterocycles. The molecule has 11 heavy (non-hydrogen) atoms. The van der Waals surface area contributed by atoms with E-state index in [1.165, 1.54) is 6.92 Å². The number of hydrogen-bond donors (Lipinski definition) is 0. The van der Waals surface area contributed by atoms with Crippen molar-refractivity contribution in [3.05, 3.63) is 0 Å². The predicted molar refractivity (Wildman–Crippen MR) is 31.6 cm³/mol. The monoisotopic (exact) mass is 174 g/mol. The Morgan fingerprint density at radius 3 is 2.36 bits per heavy atom. The van der Waals surface area contributed by atoms with Gasteiger partial charge in [-0.3, -0.25) is 4.57 Å². The molecule has 0 aliphatic carbocycles. The molecule has 0 heterocycles. The van der Waals surface area contributed by atoms with E-state index in [1.807, 2.05) is 0 Å². The summed E-state index contributed by atoms with van der Waals surface area (Å²) in [6.45, 7) is 1.41. The van der Waals surface area contributed by atoms with E-state index in [4.69, 9.17) is 0 Å². The van der Waals surface area contributed by atoms with Crippen molar-refractivity contribution in [2.75, 3.05) is 13.7 Å². The standard InChI is InChI=1S/C4H9O5P.Li/c1-3-9-10(6,7)4(5)8-2;/h3H2,1-2H3,(H,6,7);/q;+1/p-1. The van der Waals surface area contributed by atoms with Crippen molar-refractivity contribution in [3.8, 4) is 0 Å². The van der Waals surface area contributed by atoms with E-state index >= 15 is 0 Å². The second-order valence-corrected chi connectivity index (χ2v) is 3.00. The van der Waals surface area contributed by atoms with Crippen molar-refractivity contribution in [1.82, 2.24) is 0 Å². The normalized spacial score (nSPS) is 14.5. The average molecular weight is 174 g/mol. The molecule has 0 aromatic carbocycles. The maximum absolute atomic E-state index is 10.5. The fourth-order valence-electron chi connectivity index (χ4n) is 0.334. The van der Waals surface area contributed by atoms with Crippen LogP contribution < -0.4 is 23.8 Å². The number of rotatable bonds is 3. The molecule has 0 rings (SSSR count). The van der Waals surface area contributed by atoms with E-state index in [2.05, 4.69) is 9.26 Å². The van der Waals surface area contributed by atoms with E-state index in [0.29, 0.717) is 0 Å². The van der Waals surface area contributed by atoms with Gasteiger partial charge in [0.15, 0.2) is 0 Å². The smallest absolute Gasteiger partial charge is 0.770 e. The summed E-state index contributed by atoms with van der Waals surface area (Å²) < 4.78 is 18.5. The second-order valence-electron chi connectivity index (χ2n) is 1.39. The van der Waals surface area contributed by atoms with E-state index in [1.54, 1.807) is 0 Å². The minimum atomic E-state index is -4.39. The first-order chi connectivity index (χ1) is 4.54. The zero-order valence-electron chi connectivity index (χ0n) is 6.70. The third-order valence-corrected chi connectivity index (χ3v) is 1.93. The Kier molecular flexibility index (Phi) is 7.29. The summed E-state index contributed by atoms with van der Waals surface area (Å²) in [6.07, 6.45) is 0. The zero-order chi connectivity index (χ0) is 8.20. The number of carbonyl (C=O) groups excluding carboxylic acids is 1. The van der Waals surface area contributed by atoms with Gasteiger partial charge in [0.2, 0.25) is 7.60 Å². The van der Waals surface area contributed by atoms with E-state index in [9.17, 15) is 14.3 Å². The first-order valence-electron chi connectivity index (χ1n) is 2.58. The van der Waals surface area contributed by atoms with Crippen molar-refractivity contribution in [2.45, 2.75) is 6.92 Å². The molecule has 0 spiro atoms. The molecule has 0 N–H and O–H groups in total. The first kappa shape index (κ1) is 13.8. The summed E-state index contributed by atoms with van der Waals surface area (Å²) in [5.74, 6) is 0. The number of methoxy groups -OCH3 is 1. The molecule has 60 valence electrons. The Hall–Kier alpha value is 0.217. The number of hydrogen-bond acceptors (Lipinski definition) is 5. The molecule has 5 nitrogen and oxygen atoms in total. The largest absolute Gasteiger partial charge is 1.00 e. The molecule has 1 unspecified atom stereocenters. The molecule has 0 aliphatic heterocycles. The molecule has 0 aromatic heterocycles. The third-order valence-electron chi connectivity index (χ3n) is 0.697. The van der Waals surface area contributed by atoms with Crippen LogP contribution in [0, 0.1) is 0 Å². The van der Waals surface area contributed by atoms with Gasteiger partial charge in [-0.1, -0.05) is 0 Å². The SMILES string of the molecule is CCOP(=O)([O-])C(=O)OC.[Li+]. The molecule has 0 saturated carbocycles. The minimum Gasteiger partial charge on any atom is -0.770 e. The van der Waals surface area contributed by atoms with Gasteiger partial charge in [0, 0.05) is 0 Å². The first-order valence-corrected chi connectivity index (χ1v) is 4.13. The summed E-state index contributed by atoms with van der Waals surface area (Å²) in [6, 6.07) is 0. The summed E-state index contributed by atoms with van der Waals surface area (Å²) in [4.78, 5) is 20.8. The molecule has 1 atom stereocenters. The quantitative estimate of drug-likeness (QED) is 0.345. The van der Waals surface area contributed by atoms with Crippen molar-refractivity contribution in [2.24, 2.45) is 0 Å². The van der Waals surface area contributed by atoms with E-state index in [-0.39, 0.29) is 25.5 Å². The Bertz CT molecular complexity index is 170. The summed E-state index contributed by atoms with van der Waals surface area (Å²) >= 11 is 0. The molecule has 0 fully saturated rings. The predicted octanol–water partition coefficient (Wildman–Crippen LogP) is -2.65. The van der Waals surface area contributed by atoms with Gasteiger partial charge < -0.3 is 14.2 Å². The number of ether oxygens (including phenoxy) is 1. The van der Waals surface area contributed by atoms with Crippen molar-refractivity contribution in [1.29, 1.82) is 0 Å². The summed E-state index contributed by atoms with van der Waals surface area (Å²) in [5, 5.41) is 0. The van der Waals surface area contributed by atoms with Crippen molar-refractivity contribution >= 4 is 13.3 Å². The topological polar surface area (TPSA) is 75.7 Å². The van der Waals surface area contributed by atoms with Gasteiger partial charge in [-0.05, 0) is 6.92 Å². The molecule has 0 aliphatic rings. The van der Waals surface area contributed by atoms with Crippen LogP contribution in [0.15, 0.2) is 0 Å². The van der Waals surface area contributed by atoms with Gasteiger partial charge in [0.1, 0.15) is 0 Å². The van der Waals surface area contributed by atoms with Gasteiger partial charge in [-0.25, -0.2) is 4.79 Å². The summed E-state index contributed by atoms with van der Waals surface area (Å²) in [7, 11) is -3.42. The fraction of sp³-hybridized carbons (Fsp3) is 0.750. The molecular formula is C4H8LiO5P. The Labute approximate surface area is 76.8 Å². The van der Waals surface area contributed by atoms with Crippen molar-refractivity contribution < 1.29 is 42.4 Å². The second kappa shape index (κ2) is 5.82. The fourth-order valence-corrected chi connectivity index (χ4v) is 1.00. The van der Waals surface area contributed by atoms with E-state index in [0.717, 1.165) is 7.11 Å². The van der Waals surface area contributed by atoms with Gasteiger partial charge in [0.05, 0.1) is 13.7 Å². The zero-order valence-corrected chi connectivity index (χ0v) is 7.59. The van der Waals surface area contributed by atoms with Crippen molar-refractivity contribution in [3.63, 3.8) is 0 Å². The Morgan fingerprint density at radius 2 is 2.09 bits per heavy atom. The van der Waals surface area contributed by atoms with Gasteiger partial charge in [-0.15, -0.1) is 0 Å². The van der Waals surface area contributed by atoms with Crippen LogP contribution in [0.25, 0.3) is 0 Å². The van der Waals surface area contributed by atoms with Crippen LogP contribution in [0.4, 0.5) is 4.79 Å². The van der Waals surface area contributed by atoms with Crippen LogP contribution in [0.1, 0.15) is 6.92 Å². The Morgan fingerprint density at radius 1 is 1.64 bits per heavy atom. The molecule has 0 amide bonds. The molecule has 0 aromatic rings. The maximum Gasteiger partial charge on any atom is 1.00 e. The third kappa shape index (κ3) is 4.62. The maximum atomic E-state index is 10.5.